The SMILES string of the molecule is OC[C@H]1O[C@H](O)C(F)(F)C(F)(F)C1(F)F. The van der Waals surface area contributed by atoms with E-state index >= 15 is 0 Å². The summed E-state index contributed by atoms with van der Waals surface area (Å²) in [5.41, 5.74) is 0. The molecule has 1 saturated heterocycles. The van der Waals surface area contributed by atoms with Gasteiger partial charge in [0.2, 0.25) is 6.29 Å². The number of aliphatic hydroxyl groups excluding tert-OH is 2. The maximum atomic E-state index is 12.7. The van der Waals surface area contributed by atoms with Crippen LogP contribution in [0.25, 0.3) is 0 Å². The summed E-state index contributed by atoms with van der Waals surface area (Å²) >= 11 is 0. The average Bonchev–Trinajstić information content (AvgIpc) is 2.10. The minimum Gasteiger partial charge on any atom is -0.393 e. The number of aliphatic hydroxyl groups is 2. The number of hydrogen-bond donors (Lipinski definition) is 2. The van der Waals surface area contributed by atoms with Crippen molar-refractivity contribution in [2.24, 2.45) is 0 Å². The van der Waals surface area contributed by atoms with Crippen LogP contribution in [-0.2, 0) is 4.74 Å². The smallest absolute Gasteiger partial charge is 0.379 e. The Kier molecular flexibility index (Phi) is 2.69. The summed E-state index contributed by atoms with van der Waals surface area (Å²) in [6.07, 6.45) is -6.26. The molecule has 1 aliphatic rings. The Balaban J connectivity index is 3.16. The van der Waals surface area contributed by atoms with Crippen LogP contribution in [0.1, 0.15) is 0 Å². The highest BCUT2D eigenvalue weighted by molar-refractivity contribution is 5.05. The molecule has 3 nitrogen and oxygen atoms in total. The fourth-order valence-corrected chi connectivity index (χ4v) is 1.06. The van der Waals surface area contributed by atoms with Crippen LogP contribution in [0.15, 0.2) is 0 Å². The molecule has 2 atom stereocenters. The van der Waals surface area contributed by atoms with E-state index in [0.717, 1.165) is 0 Å². The van der Waals surface area contributed by atoms with Crippen LogP contribution >= 0.6 is 0 Å². The third-order valence-electron chi connectivity index (χ3n) is 2.01. The second-order valence-electron chi connectivity index (χ2n) is 2.98. The summed E-state index contributed by atoms with van der Waals surface area (Å²) in [7, 11) is 0. The molecule has 0 aromatic rings. The lowest BCUT2D eigenvalue weighted by Gasteiger charge is -2.43. The van der Waals surface area contributed by atoms with Gasteiger partial charge in [-0.2, -0.15) is 26.3 Å². The first-order valence-corrected chi connectivity index (χ1v) is 3.67. The third-order valence-corrected chi connectivity index (χ3v) is 2.01. The molecule has 0 bridgehead atoms. The summed E-state index contributed by atoms with van der Waals surface area (Å²) in [5.74, 6) is -16.5. The average molecular weight is 240 g/mol. The zero-order valence-corrected chi connectivity index (χ0v) is 6.93. The van der Waals surface area contributed by atoms with Crippen LogP contribution in [0.2, 0.25) is 0 Å². The molecule has 1 rings (SSSR count). The normalized spacial score (nSPS) is 37.6. The Hall–Kier alpha value is -0.540. The van der Waals surface area contributed by atoms with Gasteiger partial charge in [0.05, 0.1) is 6.61 Å². The van der Waals surface area contributed by atoms with Gasteiger partial charge in [-0.15, -0.1) is 0 Å². The molecule has 1 heterocycles. The van der Waals surface area contributed by atoms with Crippen LogP contribution in [0.5, 0.6) is 0 Å². The van der Waals surface area contributed by atoms with E-state index in [2.05, 4.69) is 4.74 Å². The summed E-state index contributed by atoms with van der Waals surface area (Å²) in [6.45, 7) is -1.62. The van der Waals surface area contributed by atoms with Crippen molar-refractivity contribution in [3.63, 3.8) is 0 Å². The van der Waals surface area contributed by atoms with Crippen LogP contribution in [0.3, 0.4) is 0 Å². The molecule has 1 aliphatic heterocycles. The van der Waals surface area contributed by atoms with E-state index in [-0.39, 0.29) is 0 Å². The van der Waals surface area contributed by atoms with Crippen molar-refractivity contribution in [3.8, 4) is 0 Å². The highest BCUT2D eigenvalue weighted by atomic mass is 19.3. The molecule has 0 saturated carbocycles. The molecule has 2 N–H and O–H groups in total. The zero-order valence-electron chi connectivity index (χ0n) is 6.93. The lowest BCUT2D eigenvalue weighted by atomic mass is 9.96. The topological polar surface area (TPSA) is 49.7 Å². The predicted octanol–water partition coefficient (Wildman–Crippen LogP) is 0.602. The van der Waals surface area contributed by atoms with E-state index in [1.807, 2.05) is 0 Å². The van der Waals surface area contributed by atoms with Gasteiger partial charge in [0.1, 0.15) is 0 Å². The number of hydrogen-bond acceptors (Lipinski definition) is 3. The first kappa shape index (κ1) is 12.5. The van der Waals surface area contributed by atoms with Crippen molar-refractivity contribution < 1.29 is 41.3 Å². The maximum absolute atomic E-state index is 12.7. The molecule has 0 amide bonds. The van der Waals surface area contributed by atoms with Crippen LogP contribution in [0, 0.1) is 0 Å². The van der Waals surface area contributed by atoms with E-state index in [0.29, 0.717) is 0 Å². The van der Waals surface area contributed by atoms with Gasteiger partial charge in [-0.25, -0.2) is 0 Å². The van der Waals surface area contributed by atoms with E-state index in [4.69, 9.17) is 10.2 Å². The van der Waals surface area contributed by atoms with Crippen LogP contribution < -0.4 is 0 Å². The van der Waals surface area contributed by atoms with Crippen molar-refractivity contribution >= 4 is 0 Å². The molecule has 15 heavy (non-hydrogen) atoms. The van der Waals surface area contributed by atoms with Gasteiger partial charge in [0.25, 0.3) is 0 Å². The first-order valence-electron chi connectivity index (χ1n) is 3.67. The van der Waals surface area contributed by atoms with Crippen LogP contribution in [0.4, 0.5) is 26.3 Å². The molecular formula is C6H6F6O3. The Morgan fingerprint density at radius 2 is 1.47 bits per heavy atom. The minimum absolute atomic E-state index is 1.62. The number of halogens is 6. The fraction of sp³-hybridized carbons (Fsp3) is 1.00. The first-order chi connectivity index (χ1) is 6.59. The van der Waals surface area contributed by atoms with Gasteiger partial charge in [0.15, 0.2) is 6.10 Å². The molecule has 0 unspecified atom stereocenters. The summed E-state index contributed by atoms with van der Waals surface area (Å²) in [5, 5.41) is 16.7. The van der Waals surface area contributed by atoms with Gasteiger partial charge in [0, 0.05) is 0 Å². The zero-order chi connectivity index (χ0) is 12.1. The molecule has 90 valence electrons. The van der Waals surface area contributed by atoms with Gasteiger partial charge in [-0.1, -0.05) is 0 Å². The summed E-state index contributed by atoms with van der Waals surface area (Å²) < 4.78 is 79.1. The second-order valence-corrected chi connectivity index (χ2v) is 2.98. The molecular weight excluding hydrogens is 234 g/mol. The molecule has 9 heteroatoms. The lowest BCUT2D eigenvalue weighted by molar-refractivity contribution is -0.437. The molecule has 0 radical (unpaired) electrons. The molecule has 1 fully saturated rings. The number of rotatable bonds is 1. The monoisotopic (exact) mass is 240 g/mol. The quantitative estimate of drug-likeness (QED) is 0.660. The van der Waals surface area contributed by atoms with Gasteiger partial charge < -0.3 is 14.9 Å². The largest absolute Gasteiger partial charge is 0.393 e. The molecule has 0 aromatic heterocycles. The van der Waals surface area contributed by atoms with E-state index in [9.17, 15) is 26.3 Å². The minimum atomic E-state index is -5.79. The molecule has 0 aromatic carbocycles. The highest BCUT2D eigenvalue weighted by Crippen LogP contribution is 2.53. The lowest BCUT2D eigenvalue weighted by Crippen LogP contribution is -2.70. The van der Waals surface area contributed by atoms with E-state index < -0.39 is 36.8 Å². The third kappa shape index (κ3) is 1.41. The molecule has 0 aliphatic carbocycles. The second kappa shape index (κ2) is 3.22. The predicted molar refractivity (Wildman–Crippen MR) is 32.8 cm³/mol. The summed E-state index contributed by atoms with van der Waals surface area (Å²) in [6, 6.07) is 0. The van der Waals surface area contributed by atoms with Gasteiger partial charge in [-0.3, -0.25) is 0 Å². The van der Waals surface area contributed by atoms with Crippen molar-refractivity contribution in [3.05, 3.63) is 0 Å². The van der Waals surface area contributed by atoms with Crippen molar-refractivity contribution in [2.75, 3.05) is 6.61 Å². The molecule has 0 spiro atoms. The van der Waals surface area contributed by atoms with E-state index in [1.54, 1.807) is 0 Å². The van der Waals surface area contributed by atoms with Gasteiger partial charge >= 0.3 is 17.8 Å². The van der Waals surface area contributed by atoms with E-state index in [1.165, 1.54) is 0 Å². The standard InChI is InChI=1S/C6H6F6O3/c7-4(8)2(1-13)15-3(14)5(9,10)6(4,11)12/h2-3,13-14H,1H2/t2-,3+/m1/s1. The Labute approximate surface area is 79.3 Å². The number of ether oxygens (including phenoxy) is 1. The van der Waals surface area contributed by atoms with Crippen molar-refractivity contribution in [1.82, 2.24) is 0 Å². The number of alkyl halides is 6. The van der Waals surface area contributed by atoms with Crippen molar-refractivity contribution in [1.29, 1.82) is 0 Å². The Morgan fingerprint density at radius 3 is 1.87 bits per heavy atom. The Bertz CT molecular complexity index is 255. The fourth-order valence-electron chi connectivity index (χ4n) is 1.06. The summed E-state index contributed by atoms with van der Waals surface area (Å²) in [4.78, 5) is 0. The highest BCUT2D eigenvalue weighted by Gasteiger charge is 2.80. The van der Waals surface area contributed by atoms with Crippen molar-refractivity contribution in [2.45, 2.75) is 30.2 Å². The Morgan fingerprint density at radius 1 is 1.00 bits per heavy atom. The maximum Gasteiger partial charge on any atom is 0.379 e. The van der Waals surface area contributed by atoms with Crippen LogP contribution in [-0.4, -0.2) is 47.0 Å². The van der Waals surface area contributed by atoms with Gasteiger partial charge in [-0.05, 0) is 0 Å².